The highest BCUT2D eigenvalue weighted by molar-refractivity contribution is 5.95. The standard InChI is InChI=1S/C21H38N6O7/c1-5-11(4)17(21(33)34)27-20(32)14(8-10(2)3)26-19(31)13(6-7-15(23)28)25-18(30)12(22)9-16(24)29/h10-14,17H,5-9,22H2,1-4H3,(H2,23,28)(H2,24,29)(H,25,30)(H,26,31)(H,27,32)(H,33,34). The van der Waals surface area contributed by atoms with E-state index >= 15 is 0 Å². The fraction of sp³-hybridized carbons (Fsp3) is 0.714. The first-order chi connectivity index (χ1) is 15.7. The lowest BCUT2D eigenvalue weighted by Crippen LogP contribution is -2.58. The fourth-order valence-electron chi connectivity index (χ4n) is 3.06. The van der Waals surface area contributed by atoms with E-state index in [0.717, 1.165) is 0 Å². The van der Waals surface area contributed by atoms with Crippen molar-refractivity contribution in [2.24, 2.45) is 29.0 Å². The molecule has 13 nitrogen and oxygen atoms in total. The average Bonchev–Trinajstić information content (AvgIpc) is 2.72. The van der Waals surface area contributed by atoms with Gasteiger partial charge in [0.2, 0.25) is 29.5 Å². The van der Waals surface area contributed by atoms with Gasteiger partial charge >= 0.3 is 5.97 Å². The molecule has 0 aromatic carbocycles. The summed E-state index contributed by atoms with van der Waals surface area (Å²) in [5.74, 6) is -5.48. The molecule has 194 valence electrons. The van der Waals surface area contributed by atoms with E-state index in [1.807, 2.05) is 13.8 Å². The molecule has 5 unspecified atom stereocenters. The Morgan fingerprint density at radius 1 is 0.824 bits per heavy atom. The third-order valence-electron chi connectivity index (χ3n) is 5.19. The van der Waals surface area contributed by atoms with Gasteiger partial charge in [0.05, 0.1) is 12.5 Å². The number of amides is 5. The van der Waals surface area contributed by atoms with Gasteiger partial charge in [-0.2, -0.15) is 0 Å². The molecule has 0 aliphatic carbocycles. The van der Waals surface area contributed by atoms with Crippen LogP contribution in [0.2, 0.25) is 0 Å². The van der Waals surface area contributed by atoms with Crippen LogP contribution in [-0.4, -0.2) is 64.8 Å². The van der Waals surface area contributed by atoms with Crippen LogP contribution in [0.3, 0.4) is 0 Å². The van der Waals surface area contributed by atoms with Crippen LogP contribution >= 0.6 is 0 Å². The molecule has 0 radical (unpaired) electrons. The van der Waals surface area contributed by atoms with Crippen LogP contribution in [0.5, 0.6) is 0 Å². The number of aliphatic carboxylic acids is 1. The Morgan fingerprint density at radius 3 is 1.79 bits per heavy atom. The molecule has 0 aromatic heterocycles. The van der Waals surface area contributed by atoms with Crippen LogP contribution in [0.1, 0.15) is 59.8 Å². The Hall–Kier alpha value is -3.22. The molecule has 0 heterocycles. The monoisotopic (exact) mass is 486 g/mol. The number of carbonyl (C=O) groups is 6. The first-order valence-corrected chi connectivity index (χ1v) is 11.2. The maximum Gasteiger partial charge on any atom is 0.326 e. The topological polar surface area (TPSA) is 237 Å². The zero-order valence-electron chi connectivity index (χ0n) is 20.1. The largest absolute Gasteiger partial charge is 0.480 e. The number of nitrogens with one attached hydrogen (secondary N) is 3. The molecule has 0 aliphatic rings. The molecule has 0 spiro atoms. The number of carboxylic acids is 1. The summed E-state index contributed by atoms with van der Waals surface area (Å²) < 4.78 is 0. The summed E-state index contributed by atoms with van der Waals surface area (Å²) in [5.41, 5.74) is 15.8. The van der Waals surface area contributed by atoms with E-state index in [-0.39, 0.29) is 31.1 Å². The Kier molecular flexibility index (Phi) is 13.4. The number of hydrogen-bond donors (Lipinski definition) is 7. The maximum atomic E-state index is 12.9. The highest BCUT2D eigenvalue weighted by atomic mass is 16.4. The van der Waals surface area contributed by atoms with Crippen molar-refractivity contribution >= 4 is 35.5 Å². The minimum absolute atomic E-state index is 0.0504. The highest BCUT2D eigenvalue weighted by Crippen LogP contribution is 2.11. The zero-order valence-corrected chi connectivity index (χ0v) is 20.1. The fourth-order valence-corrected chi connectivity index (χ4v) is 3.06. The van der Waals surface area contributed by atoms with Gasteiger partial charge < -0.3 is 38.3 Å². The van der Waals surface area contributed by atoms with E-state index in [4.69, 9.17) is 17.2 Å². The lowest BCUT2D eigenvalue weighted by atomic mass is 9.97. The van der Waals surface area contributed by atoms with Gasteiger partial charge in [-0.3, -0.25) is 24.0 Å². The third kappa shape index (κ3) is 11.6. The van der Waals surface area contributed by atoms with Crippen molar-refractivity contribution in [3.8, 4) is 0 Å². The van der Waals surface area contributed by atoms with Crippen molar-refractivity contribution in [1.82, 2.24) is 16.0 Å². The number of rotatable bonds is 16. The van der Waals surface area contributed by atoms with E-state index in [9.17, 15) is 33.9 Å². The van der Waals surface area contributed by atoms with E-state index in [1.54, 1.807) is 13.8 Å². The van der Waals surface area contributed by atoms with Crippen LogP contribution in [0.15, 0.2) is 0 Å². The molecule has 10 N–H and O–H groups in total. The second-order valence-corrected chi connectivity index (χ2v) is 8.74. The minimum atomic E-state index is -1.32. The summed E-state index contributed by atoms with van der Waals surface area (Å²) in [6, 6.07) is -4.86. The third-order valence-corrected chi connectivity index (χ3v) is 5.19. The van der Waals surface area contributed by atoms with Crippen molar-refractivity contribution in [3.63, 3.8) is 0 Å². The molecule has 34 heavy (non-hydrogen) atoms. The average molecular weight is 487 g/mol. The number of carboxylic acid groups (broad SMARTS) is 1. The highest BCUT2D eigenvalue weighted by Gasteiger charge is 2.32. The summed E-state index contributed by atoms with van der Waals surface area (Å²) in [5, 5.41) is 16.8. The van der Waals surface area contributed by atoms with Gasteiger partial charge in [0.1, 0.15) is 18.1 Å². The summed E-state index contributed by atoms with van der Waals surface area (Å²) in [4.78, 5) is 71.9. The molecule has 0 bridgehead atoms. The Labute approximate surface area is 198 Å². The smallest absolute Gasteiger partial charge is 0.326 e. The zero-order chi connectivity index (χ0) is 26.6. The number of nitrogens with two attached hydrogens (primary N) is 3. The summed E-state index contributed by atoms with van der Waals surface area (Å²) in [7, 11) is 0. The Bertz CT molecular complexity index is 758. The SMILES string of the molecule is CCC(C)C(NC(=O)C(CC(C)C)NC(=O)C(CCC(N)=O)NC(=O)C(N)CC(N)=O)C(=O)O. The molecule has 0 rings (SSSR count). The molecule has 0 aromatic rings. The van der Waals surface area contributed by atoms with Gasteiger partial charge in [-0.1, -0.05) is 34.1 Å². The van der Waals surface area contributed by atoms with Crippen molar-refractivity contribution in [1.29, 1.82) is 0 Å². The second kappa shape index (κ2) is 14.8. The van der Waals surface area contributed by atoms with E-state index < -0.39 is 66.1 Å². The van der Waals surface area contributed by atoms with Gasteiger partial charge in [-0.15, -0.1) is 0 Å². The van der Waals surface area contributed by atoms with Gasteiger partial charge in [-0.05, 0) is 24.7 Å². The first-order valence-electron chi connectivity index (χ1n) is 11.2. The predicted octanol–water partition coefficient (Wildman–Crippen LogP) is -1.91. The molecule has 5 amide bonds. The summed E-state index contributed by atoms with van der Waals surface area (Å²) >= 11 is 0. The van der Waals surface area contributed by atoms with Crippen LogP contribution < -0.4 is 33.2 Å². The van der Waals surface area contributed by atoms with Gasteiger partial charge in [0.25, 0.3) is 0 Å². The summed E-state index contributed by atoms with van der Waals surface area (Å²) in [6.45, 7) is 7.09. The number of primary amides is 2. The Morgan fingerprint density at radius 2 is 1.35 bits per heavy atom. The van der Waals surface area contributed by atoms with E-state index in [1.165, 1.54) is 0 Å². The van der Waals surface area contributed by atoms with Crippen molar-refractivity contribution in [2.75, 3.05) is 0 Å². The van der Waals surface area contributed by atoms with Crippen molar-refractivity contribution in [2.45, 2.75) is 84.0 Å². The molecule has 0 saturated carbocycles. The normalized spacial score (nSPS) is 15.4. The Balaban J connectivity index is 5.62. The van der Waals surface area contributed by atoms with Crippen molar-refractivity contribution < 1.29 is 33.9 Å². The minimum Gasteiger partial charge on any atom is -0.480 e. The van der Waals surface area contributed by atoms with Crippen LogP contribution in [0, 0.1) is 11.8 Å². The van der Waals surface area contributed by atoms with Crippen LogP contribution in [-0.2, 0) is 28.8 Å². The van der Waals surface area contributed by atoms with Gasteiger partial charge in [0, 0.05) is 6.42 Å². The molecular formula is C21H38N6O7. The lowest BCUT2D eigenvalue weighted by Gasteiger charge is -2.27. The van der Waals surface area contributed by atoms with Crippen molar-refractivity contribution in [3.05, 3.63) is 0 Å². The summed E-state index contributed by atoms with van der Waals surface area (Å²) in [6.07, 6.45) is -0.204. The van der Waals surface area contributed by atoms with Gasteiger partial charge in [0.15, 0.2) is 0 Å². The molecule has 0 fully saturated rings. The second-order valence-electron chi connectivity index (χ2n) is 8.74. The molecule has 0 saturated heterocycles. The van der Waals surface area contributed by atoms with Gasteiger partial charge in [-0.25, -0.2) is 4.79 Å². The predicted molar refractivity (Wildman–Crippen MR) is 123 cm³/mol. The maximum absolute atomic E-state index is 12.9. The quantitative estimate of drug-likeness (QED) is 0.129. The first kappa shape index (κ1) is 30.8. The van der Waals surface area contributed by atoms with Crippen LogP contribution in [0.25, 0.3) is 0 Å². The molecule has 0 aliphatic heterocycles. The van der Waals surface area contributed by atoms with E-state index in [2.05, 4.69) is 16.0 Å². The number of carbonyl (C=O) groups excluding carboxylic acids is 5. The lowest BCUT2D eigenvalue weighted by molar-refractivity contribution is -0.144. The molecule has 5 atom stereocenters. The molecule has 13 heteroatoms. The molecular weight excluding hydrogens is 448 g/mol. The van der Waals surface area contributed by atoms with E-state index in [0.29, 0.717) is 6.42 Å². The van der Waals surface area contributed by atoms with Crippen LogP contribution in [0.4, 0.5) is 0 Å². The number of hydrogen-bond acceptors (Lipinski definition) is 7.